The molecule has 3 aromatic carbocycles. The van der Waals surface area contributed by atoms with Gasteiger partial charge in [-0.05, 0) is 70.3 Å². The molecule has 0 radical (unpaired) electrons. The number of hydrogen-bond acceptors (Lipinski definition) is 2. The van der Waals surface area contributed by atoms with Gasteiger partial charge in [0.15, 0.2) is 0 Å². The lowest BCUT2D eigenvalue weighted by Crippen LogP contribution is -2.26. The molecule has 0 N–H and O–H groups in total. The molecule has 3 rings (SSSR count). The van der Waals surface area contributed by atoms with Crippen LogP contribution in [0.3, 0.4) is 0 Å². The molecule has 0 aliphatic heterocycles. The zero-order chi connectivity index (χ0) is 23.7. The minimum absolute atomic E-state index is 0.00737. The molecule has 32 heavy (non-hydrogen) atoms. The summed E-state index contributed by atoms with van der Waals surface area (Å²) < 4.78 is 29.1. The Morgan fingerprint density at radius 3 is 1.31 bits per heavy atom. The minimum atomic E-state index is -3.80. The third-order valence-electron chi connectivity index (χ3n) is 5.81. The van der Waals surface area contributed by atoms with Crippen LogP contribution in [0, 0.1) is 0 Å². The zero-order valence-corrected chi connectivity index (χ0v) is 21.1. The molecule has 0 unspecified atom stereocenters. The van der Waals surface area contributed by atoms with E-state index in [1.165, 1.54) is 4.31 Å². The predicted octanol–water partition coefficient (Wildman–Crippen LogP) is 7.37. The minimum Gasteiger partial charge on any atom is -0.235 e. The number of benzene rings is 3. The lowest BCUT2D eigenvalue weighted by atomic mass is 9.87. The van der Waals surface area contributed by atoms with Gasteiger partial charge in [0.2, 0.25) is 0 Å². The molecule has 0 amide bonds. The van der Waals surface area contributed by atoms with Crippen LogP contribution in [-0.2, 0) is 27.3 Å². The molecule has 0 saturated heterocycles. The van der Waals surface area contributed by atoms with Crippen molar-refractivity contribution in [3.05, 3.63) is 89.5 Å². The third-order valence-corrected chi connectivity index (χ3v) is 7.58. The summed E-state index contributed by atoms with van der Waals surface area (Å²) in [7, 11) is -3.80. The van der Waals surface area contributed by atoms with Crippen LogP contribution in [0.1, 0.15) is 65.2 Å². The first-order chi connectivity index (χ1) is 14.8. The van der Waals surface area contributed by atoms with Crippen LogP contribution in [0.25, 0.3) is 0 Å². The van der Waals surface area contributed by atoms with Crippen molar-refractivity contribution in [3.8, 4) is 0 Å². The summed E-state index contributed by atoms with van der Waals surface area (Å²) in [6.45, 7) is 15.0. The first-order valence-electron chi connectivity index (χ1n) is 11.2. The highest BCUT2D eigenvalue weighted by Crippen LogP contribution is 2.35. The van der Waals surface area contributed by atoms with E-state index >= 15 is 0 Å². The van der Waals surface area contributed by atoms with Crippen LogP contribution in [0.4, 0.5) is 11.4 Å². The second-order valence-corrected chi connectivity index (χ2v) is 12.1. The SMILES string of the molecule is CCc1ccc(S(=O)(=O)N(c2ccc(C(C)(C)C)cc2)c2ccc(C(C)(C)C)cc2)cc1. The van der Waals surface area contributed by atoms with Gasteiger partial charge < -0.3 is 0 Å². The summed E-state index contributed by atoms with van der Waals surface area (Å²) in [5, 5.41) is 0. The normalized spacial score (nSPS) is 12.6. The van der Waals surface area contributed by atoms with E-state index < -0.39 is 10.0 Å². The molecule has 0 heterocycles. The van der Waals surface area contributed by atoms with Crippen molar-refractivity contribution in [1.82, 2.24) is 0 Å². The molecule has 170 valence electrons. The smallest absolute Gasteiger partial charge is 0.235 e. The molecular formula is C28H35NO2S. The molecule has 0 fully saturated rings. The molecule has 0 saturated carbocycles. The summed E-state index contributed by atoms with van der Waals surface area (Å²) >= 11 is 0. The van der Waals surface area contributed by atoms with Crippen molar-refractivity contribution in [2.45, 2.75) is 70.6 Å². The maximum Gasteiger partial charge on any atom is 0.268 e. The predicted molar refractivity (Wildman–Crippen MR) is 135 cm³/mol. The van der Waals surface area contributed by atoms with Gasteiger partial charge in [0.05, 0.1) is 16.3 Å². The van der Waals surface area contributed by atoms with E-state index in [4.69, 9.17) is 0 Å². The Hall–Kier alpha value is -2.59. The molecule has 0 aliphatic carbocycles. The highest BCUT2D eigenvalue weighted by atomic mass is 32.2. The van der Waals surface area contributed by atoms with Gasteiger partial charge >= 0.3 is 0 Å². The summed E-state index contributed by atoms with van der Waals surface area (Å²) in [4.78, 5) is 0.287. The quantitative estimate of drug-likeness (QED) is 0.408. The fourth-order valence-corrected chi connectivity index (χ4v) is 5.11. The second-order valence-electron chi connectivity index (χ2n) is 10.4. The second kappa shape index (κ2) is 8.74. The van der Waals surface area contributed by atoms with Gasteiger partial charge in [0.1, 0.15) is 0 Å². The van der Waals surface area contributed by atoms with Gasteiger partial charge in [-0.25, -0.2) is 12.7 Å². The Labute approximate surface area is 194 Å². The molecule has 0 aliphatic rings. The van der Waals surface area contributed by atoms with E-state index in [-0.39, 0.29) is 15.7 Å². The van der Waals surface area contributed by atoms with Gasteiger partial charge in [-0.2, -0.15) is 0 Å². The third kappa shape index (κ3) is 5.07. The lowest BCUT2D eigenvalue weighted by Gasteiger charge is -2.27. The van der Waals surface area contributed by atoms with E-state index in [2.05, 4.69) is 48.5 Å². The lowest BCUT2D eigenvalue weighted by molar-refractivity contribution is 0.590. The Kier molecular flexibility index (Phi) is 6.57. The maximum atomic E-state index is 13.8. The van der Waals surface area contributed by atoms with Crippen LogP contribution >= 0.6 is 0 Å². The van der Waals surface area contributed by atoms with E-state index in [1.54, 1.807) is 12.1 Å². The average molecular weight is 450 g/mol. The first kappa shape index (κ1) is 24.1. The van der Waals surface area contributed by atoms with Crippen molar-refractivity contribution in [2.24, 2.45) is 0 Å². The van der Waals surface area contributed by atoms with Gasteiger partial charge in [0, 0.05) is 0 Å². The highest BCUT2D eigenvalue weighted by Gasteiger charge is 2.28. The molecule has 0 aromatic heterocycles. The summed E-state index contributed by atoms with van der Waals surface area (Å²) in [5.41, 5.74) is 4.67. The van der Waals surface area contributed by atoms with Gasteiger partial charge in [0.25, 0.3) is 10.0 Å². The van der Waals surface area contributed by atoms with Crippen LogP contribution < -0.4 is 4.31 Å². The average Bonchev–Trinajstić information content (AvgIpc) is 2.73. The molecule has 0 spiro atoms. The highest BCUT2D eigenvalue weighted by molar-refractivity contribution is 7.93. The molecule has 0 atom stereocenters. The molecule has 4 heteroatoms. The van der Waals surface area contributed by atoms with Crippen LogP contribution in [0.2, 0.25) is 0 Å². The topological polar surface area (TPSA) is 37.4 Å². The summed E-state index contributed by atoms with van der Waals surface area (Å²) in [5.74, 6) is 0. The number of anilines is 2. The Bertz CT molecular complexity index is 1090. The Morgan fingerprint density at radius 2 is 1.00 bits per heavy atom. The van der Waals surface area contributed by atoms with E-state index in [0.717, 1.165) is 23.1 Å². The van der Waals surface area contributed by atoms with Gasteiger partial charge in [-0.1, -0.05) is 84.9 Å². The van der Waals surface area contributed by atoms with Crippen molar-refractivity contribution in [2.75, 3.05) is 4.31 Å². The fourth-order valence-electron chi connectivity index (χ4n) is 3.62. The molecule has 0 bridgehead atoms. The molecule has 3 aromatic rings. The van der Waals surface area contributed by atoms with Crippen molar-refractivity contribution < 1.29 is 8.42 Å². The number of rotatable bonds is 5. The van der Waals surface area contributed by atoms with Crippen LogP contribution in [0.5, 0.6) is 0 Å². The summed E-state index contributed by atoms with van der Waals surface area (Å²) in [6, 6.07) is 22.8. The summed E-state index contributed by atoms with van der Waals surface area (Å²) in [6.07, 6.45) is 0.868. The maximum absolute atomic E-state index is 13.8. The molecular weight excluding hydrogens is 414 g/mol. The van der Waals surface area contributed by atoms with Crippen LogP contribution in [0.15, 0.2) is 77.7 Å². The standard InChI is InChI=1S/C28H35NO2S/c1-8-21-9-19-26(20-10-21)32(30,31)29(24-15-11-22(12-16-24)27(2,3)4)25-17-13-23(14-18-25)28(5,6)7/h9-20H,8H2,1-7H3. The van der Waals surface area contributed by atoms with Crippen LogP contribution in [-0.4, -0.2) is 8.42 Å². The Morgan fingerprint density at radius 1 is 0.625 bits per heavy atom. The largest absolute Gasteiger partial charge is 0.268 e. The van der Waals surface area contributed by atoms with Crippen molar-refractivity contribution in [1.29, 1.82) is 0 Å². The van der Waals surface area contributed by atoms with Crippen molar-refractivity contribution in [3.63, 3.8) is 0 Å². The number of nitrogens with zero attached hydrogens (tertiary/aromatic N) is 1. The first-order valence-corrected chi connectivity index (χ1v) is 12.6. The van der Waals surface area contributed by atoms with E-state index in [1.807, 2.05) is 60.7 Å². The zero-order valence-electron chi connectivity index (χ0n) is 20.3. The van der Waals surface area contributed by atoms with Crippen molar-refractivity contribution >= 4 is 21.4 Å². The Balaban J connectivity index is 2.14. The number of sulfonamides is 1. The monoisotopic (exact) mass is 449 g/mol. The van der Waals surface area contributed by atoms with Gasteiger partial charge in [-0.15, -0.1) is 0 Å². The van der Waals surface area contributed by atoms with E-state index in [0.29, 0.717) is 11.4 Å². The number of aryl methyl sites for hydroxylation is 1. The number of hydrogen-bond donors (Lipinski definition) is 0. The van der Waals surface area contributed by atoms with E-state index in [9.17, 15) is 8.42 Å². The van der Waals surface area contributed by atoms with Gasteiger partial charge in [-0.3, -0.25) is 0 Å². The fraction of sp³-hybridized carbons (Fsp3) is 0.357. The molecule has 3 nitrogen and oxygen atoms in total.